The number of carbonyl (C=O) groups excluding carboxylic acids is 3. The van der Waals surface area contributed by atoms with E-state index in [2.05, 4.69) is 10.3 Å². The van der Waals surface area contributed by atoms with Crippen molar-refractivity contribution in [3.8, 4) is 22.9 Å². The summed E-state index contributed by atoms with van der Waals surface area (Å²) < 4.78 is 21.4. The summed E-state index contributed by atoms with van der Waals surface area (Å²) in [6.07, 6.45) is 2.17. The molecule has 1 unspecified atom stereocenters. The van der Waals surface area contributed by atoms with Crippen LogP contribution in [0.1, 0.15) is 34.1 Å². The van der Waals surface area contributed by atoms with Gasteiger partial charge in [-0.15, -0.1) is 0 Å². The molecule has 1 amide bonds. The van der Waals surface area contributed by atoms with E-state index in [4.69, 9.17) is 23.3 Å². The third kappa shape index (κ3) is 5.26. The predicted molar refractivity (Wildman–Crippen MR) is 141 cm³/mol. The summed E-state index contributed by atoms with van der Waals surface area (Å²) in [5, 5.41) is 2.65. The van der Waals surface area contributed by atoms with Crippen LogP contribution in [0, 0.1) is 0 Å². The van der Waals surface area contributed by atoms with Crippen LogP contribution in [0.15, 0.2) is 88.1 Å². The Kier molecular flexibility index (Phi) is 7.17. The van der Waals surface area contributed by atoms with Gasteiger partial charge in [0, 0.05) is 0 Å². The lowest BCUT2D eigenvalue weighted by Crippen LogP contribution is -2.32. The molecule has 5 rings (SSSR count). The first-order valence-electron chi connectivity index (χ1n) is 12.1. The predicted octanol–water partition coefficient (Wildman–Crippen LogP) is 5.51. The van der Waals surface area contributed by atoms with Crippen LogP contribution >= 0.6 is 0 Å². The average molecular weight is 526 g/mol. The molecule has 0 saturated heterocycles. The zero-order valence-electron chi connectivity index (χ0n) is 21.0. The molecule has 10 heteroatoms. The first-order chi connectivity index (χ1) is 19.0. The molecule has 0 saturated carbocycles. The zero-order valence-corrected chi connectivity index (χ0v) is 21.0. The first-order valence-corrected chi connectivity index (χ1v) is 12.1. The number of nitrogens with zero attached hydrogens (tertiary/aromatic N) is 2. The Balaban J connectivity index is 1.40. The summed E-state index contributed by atoms with van der Waals surface area (Å²) in [5.74, 6) is -0.886. The molecule has 5 aromatic rings. The number of para-hydroxylation sites is 1. The Morgan fingerprint density at radius 2 is 1.51 bits per heavy atom. The largest absolute Gasteiger partial charge is 0.465 e. The Morgan fingerprint density at radius 3 is 2.13 bits per heavy atom. The highest BCUT2D eigenvalue weighted by Crippen LogP contribution is 2.32. The van der Waals surface area contributed by atoms with Crippen molar-refractivity contribution >= 4 is 34.6 Å². The molecule has 3 heterocycles. The highest BCUT2D eigenvalue weighted by atomic mass is 16.5. The second-order valence-corrected chi connectivity index (χ2v) is 8.41. The maximum atomic E-state index is 13.0. The molecule has 2 aromatic carbocycles. The smallest absolute Gasteiger partial charge is 0.339 e. The zero-order chi connectivity index (χ0) is 27.4. The molecule has 1 N–H and O–H groups in total. The summed E-state index contributed by atoms with van der Waals surface area (Å²) in [6.45, 7) is 1.71. The summed E-state index contributed by atoms with van der Waals surface area (Å²) in [5.41, 5.74) is 2.52. The third-order valence-electron chi connectivity index (χ3n) is 5.91. The third-order valence-corrected chi connectivity index (χ3v) is 5.91. The van der Waals surface area contributed by atoms with Crippen molar-refractivity contribution < 1.29 is 32.7 Å². The van der Waals surface area contributed by atoms with E-state index >= 15 is 0 Å². The average Bonchev–Trinajstić information content (AvgIpc) is 3.70. The Bertz CT molecular complexity index is 1640. The van der Waals surface area contributed by atoms with Crippen LogP contribution in [0.3, 0.4) is 0 Å². The van der Waals surface area contributed by atoms with E-state index < -0.39 is 23.9 Å². The van der Waals surface area contributed by atoms with Gasteiger partial charge in [-0.2, -0.15) is 0 Å². The minimum atomic E-state index is -1.11. The molecule has 3 aromatic heterocycles. The molecule has 10 nitrogen and oxygen atoms in total. The van der Waals surface area contributed by atoms with Gasteiger partial charge in [-0.1, -0.05) is 19.1 Å². The van der Waals surface area contributed by atoms with Gasteiger partial charge in [0.1, 0.15) is 11.4 Å². The van der Waals surface area contributed by atoms with Crippen LogP contribution in [0.25, 0.3) is 33.9 Å². The molecular formula is C29H23N3O7. The Hall–Kier alpha value is -5.25. The summed E-state index contributed by atoms with van der Waals surface area (Å²) >= 11 is 0. The second kappa shape index (κ2) is 11.0. The van der Waals surface area contributed by atoms with Gasteiger partial charge in [-0.3, -0.25) is 4.79 Å². The minimum Gasteiger partial charge on any atom is -0.465 e. The van der Waals surface area contributed by atoms with Crippen molar-refractivity contribution in [1.82, 2.24) is 9.97 Å². The van der Waals surface area contributed by atoms with E-state index in [0.29, 0.717) is 33.9 Å². The standard InChI is InChI=1S/C29H23N3O7/c1-3-22(27(33)32-19-9-5-4-8-18(19)29(35)36-2)39-28(34)17-12-13-20-21(16-17)31-26(24-11-7-15-38-24)25(30-20)23-10-6-14-37-23/h4-16,22H,3H2,1-2H3,(H,32,33). The lowest BCUT2D eigenvalue weighted by molar-refractivity contribution is -0.124. The maximum absolute atomic E-state index is 13.0. The van der Waals surface area contributed by atoms with Gasteiger partial charge < -0.3 is 23.6 Å². The number of benzene rings is 2. The highest BCUT2D eigenvalue weighted by Gasteiger charge is 2.25. The lowest BCUT2D eigenvalue weighted by atomic mass is 10.1. The molecule has 0 aliphatic rings. The number of esters is 2. The fraction of sp³-hybridized carbons (Fsp3) is 0.138. The number of carbonyl (C=O) groups is 3. The normalized spacial score (nSPS) is 11.6. The van der Waals surface area contributed by atoms with Gasteiger partial charge in [-0.05, 0) is 61.0 Å². The number of hydrogen-bond donors (Lipinski definition) is 1. The number of rotatable bonds is 8. The summed E-state index contributed by atoms with van der Waals surface area (Å²) in [7, 11) is 1.25. The van der Waals surface area contributed by atoms with Gasteiger partial charge in [0.15, 0.2) is 17.6 Å². The van der Waals surface area contributed by atoms with E-state index in [1.807, 2.05) is 0 Å². The van der Waals surface area contributed by atoms with Crippen molar-refractivity contribution in [2.45, 2.75) is 19.4 Å². The van der Waals surface area contributed by atoms with Crippen molar-refractivity contribution in [3.63, 3.8) is 0 Å². The number of furan rings is 2. The number of nitrogens with one attached hydrogen (secondary N) is 1. The van der Waals surface area contributed by atoms with Crippen molar-refractivity contribution in [3.05, 3.63) is 90.4 Å². The quantitative estimate of drug-likeness (QED) is 0.260. The number of ether oxygens (including phenoxy) is 2. The molecule has 0 aliphatic carbocycles. The number of amides is 1. The fourth-order valence-corrected chi connectivity index (χ4v) is 3.96. The van der Waals surface area contributed by atoms with Gasteiger partial charge in [0.05, 0.1) is 47.5 Å². The van der Waals surface area contributed by atoms with Crippen molar-refractivity contribution in [2.24, 2.45) is 0 Å². The van der Waals surface area contributed by atoms with Crippen LogP contribution < -0.4 is 5.32 Å². The van der Waals surface area contributed by atoms with Crippen LogP contribution in [-0.2, 0) is 14.3 Å². The number of methoxy groups -OCH3 is 1. The second-order valence-electron chi connectivity index (χ2n) is 8.41. The highest BCUT2D eigenvalue weighted by molar-refractivity contribution is 6.03. The minimum absolute atomic E-state index is 0.184. The Labute approximate surface area is 222 Å². The van der Waals surface area contributed by atoms with Crippen LogP contribution in [0.5, 0.6) is 0 Å². The molecule has 39 heavy (non-hydrogen) atoms. The number of anilines is 1. The van der Waals surface area contributed by atoms with Gasteiger partial charge in [-0.25, -0.2) is 19.6 Å². The van der Waals surface area contributed by atoms with Crippen molar-refractivity contribution in [1.29, 1.82) is 0 Å². The van der Waals surface area contributed by atoms with E-state index in [-0.39, 0.29) is 23.2 Å². The molecular weight excluding hydrogens is 502 g/mol. The first kappa shape index (κ1) is 25.4. The van der Waals surface area contributed by atoms with Gasteiger partial charge in [0.25, 0.3) is 5.91 Å². The van der Waals surface area contributed by atoms with E-state index in [1.165, 1.54) is 19.4 Å². The molecule has 0 bridgehead atoms. The maximum Gasteiger partial charge on any atom is 0.339 e. The van der Waals surface area contributed by atoms with E-state index in [0.717, 1.165) is 0 Å². The van der Waals surface area contributed by atoms with Crippen LogP contribution in [-0.4, -0.2) is 41.0 Å². The van der Waals surface area contributed by atoms with Gasteiger partial charge >= 0.3 is 11.9 Å². The molecule has 0 aliphatic heterocycles. The number of hydrogen-bond acceptors (Lipinski definition) is 9. The summed E-state index contributed by atoms with van der Waals surface area (Å²) in [4.78, 5) is 47.4. The number of fused-ring (bicyclic) bond motifs is 1. The molecule has 0 spiro atoms. The lowest BCUT2D eigenvalue weighted by Gasteiger charge is -2.17. The summed E-state index contributed by atoms with van der Waals surface area (Å²) in [6, 6.07) is 18.2. The SMILES string of the molecule is CCC(OC(=O)c1ccc2nc(-c3ccco3)c(-c3ccco3)nc2c1)C(=O)Nc1ccccc1C(=O)OC. The topological polar surface area (TPSA) is 134 Å². The molecule has 0 fully saturated rings. The van der Waals surface area contributed by atoms with Crippen LogP contribution in [0.4, 0.5) is 5.69 Å². The Morgan fingerprint density at radius 1 is 0.846 bits per heavy atom. The van der Waals surface area contributed by atoms with Crippen molar-refractivity contribution in [2.75, 3.05) is 12.4 Å². The van der Waals surface area contributed by atoms with Crippen LogP contribution in [0.2, 0.25) is 0 Å². The van der Waals surface area contributed by atoms with Gasteiger partial charge in [0.2, 0.25) is 0 Å². The molecule has 0 radical (unpaired) electrons. The van der Waals surface area contributed by atoms with E-state index in [1.54, 1.807) is 73.9 Å². The molecule has 1 atom stereocenters. The number of aromatic nitrogens is 2. The van der Waals surface area contributed by atoms with E-state index in [9.17, 15) is 14.4 Å². The fourth-order valence-electron chi connectivity index (χ4n) is 3.96. The monoisotopic (exact) mass is 525 g/mol. The molecule has 196 valence electrons.